The van der Waals surface area contributed by atoms with E-state index in [2.05, 4.69) is 16.0 Å². The number of ether oxygens (including phenoxy) is 1. The quantitative estimate of drug-likeness (QED) is 0.325. The molecule has 3 aromatic carbocycles. The zero-order chi connectivity index (χ0) is 25.3. The maximum absolute atomic E-state index is 12.6. The normalized spacial score (nSPS) is 13.4. The molecule has 0 aromatic heterocycles. The number of hydrogen-bond donors (Lipinski definition) is 4. The minimum Gasteiger partial charge on any atom is -0.480 e. The van der Waals surface area contributed by atoms with Crippen LogP contribution in [0.5, 0.6) is 0 Å². The third-order valence-electron chi connectivity index (χ3n) is 5.81. The highest BCUT2D eigenvalue weighted by atomic mass is 16.5. The van der Waals surface area contributed by atoms with Gasteiger partial charge in [0, 0.05) is 23.7 Å². The molecule has 0 radical (unpaired) electrons. The van der Waals surface area contributed by atoms with E-state index >= 15 is 0 Å². The Morgan fingerprint density at radius 3 is 2.28 bits per heavy atom. The van der Waals surface area contributed by atoms with Crippen LogP contribution < -0.4 is 16.0 Å². The molecule has 4 rings (SSSR count). The molecule has 1 fully saturated rings. The van der Waals surface area contributed by atoms with Crippen molar-refractivity contribution in [2.75, 3.05) is 11.9 Å². The number of alkyl carbamates (subject to hydrolysis) is 1. The summed E-state index contributed by atoms with van der Waals surface area (Å²) in [4.78, 5) is 36.7. The lowest BCUT2D eigenvalue weighted by molar-refractivity contribution is -0.139. The van der Waals surface area contributed by atoms with Gasteiger partial charge in [-0.3, -0.25) is 4.79 Å². The number of hydrogen-bond acceptors (Lipinski definition) is 5. The van der Waals surface area contributed by atoms with Gasteiger partial charge in [0.15, 0.2) is 0 Å². The minimum atomic E-state index is -1.20. The summed E-state index contributed by atoms with van der Waals surface area (Å²) in [6, 6.07) is 23.4. The molecule has 1 aliphatic rings. The standard InChI is InChI=1S/C28H29N3O5/c32-26(17-29-22-12-13-22)30-24-15-20(11-14-23(24)21-9-5-2-6-10-21)16-25(27(33)34)31-28(35)36-18-19-7-3-1-4-8-19/h1-11,14-15,22,25,29H,12-13,16-18H2,(H,30,32)(H,31,35)(H,33,34). The molecule has 1 atom stereocenters. The molecular formula is C28H29N3O5. The average molecular weight is 488 g/mol. The Morgan fingerprint density at radius 1 is 0.917 bits per heavy atom. The van der Waals surface area contributed by atoms with E-state index in [1.807, 2.05) is 66.7 Å². The van der Waals surface area contributed by atoms with Crippen LogP contribution in [0.1, 0.15) is 24.0 Å². The Balaban J connectivity index is 1.46. The molecule has 2 amide bonds. The summed E-state index contributed by atoms with van der Waals surface area (Å²) in [6.45, 7) is 0.242. The topological polar surface area (TPSA) is 117 Å². The molecule has 8 heteroatoms. The Labute approximate surface area is 209 Å². The lowest BCUT2D eigenvalue weighted by Gasteiger charge is -2.17. The summed E-state index contributed by atoms with van der Waals surface area (Å²) in [5, 5.41) is 18.3. The van der Waals surface area contributed by atoms with Gasteiger partial charge in [-0.25, -0.2) is 9.59 Å². The number of carboxylic acid groups (broad SMARTS) is 1. The number of carboxylic acids is 1. The molecule has 0 spiro atoms. The van der Waals surface area contributed by atoms with Gasteiger partial charge in [-0.1, -0.05) is 72.8 Å². The molecule has 36 heavy (non-hydrogen) atoms. The monoisotopic (exact) mass is 487 g/mol. The maximum Gasteiger partial charge on any atom is 0.408 e. The van der Waals surface area contributed by atoms with Crippen LogP contribution in [0, 0.1) is 0 Å². The van der Waals surface area contributed by atoms with Gasteiger partial charge in [0.05, 0.1) is 6.54 Å². The first-order valence-corrected chi connectivity index (χ1v) is 11.9. The largest absolute Gasteiger partial charge is 0.480 e. The van der Waals surface area contributed by atoms with Gasteiger partial charge in [-0.15, -0.1) is 0 Å². The van der Waals surface area contributed by atoms with E-state index in [9.17, 15) is 19.5 Å². The highest BCUT2D eigenvalue weighted by Crippen LogP contribution is 2.29. The summed E-state index contributed by atoms with van der Waals surface area (Å²) in [7, 11) is 0. The van der Waals surface area contributed by atoms with Crippen LogP contribution in [0.2, 0.25) is 0 Å². The van der Waals surface area contributed by atoms with Gasteiger partial charge in [0.1, 0.15) is 12.6 Å². The Hall–Kier alpha value is -4.17. The zero-order valence-corrected chi connectivity index (χ0v) is 19.8. The summed E-state index contributed by atoms with van der Waals surface area (Å²) < 4.78 is 5.17. The summed E-state index contributed by atoms with van der Waals surface area (Å²) >= 11 is 0. The van der Waals surface area contributed by atoms with Gasteiger partial charge in [-0.2, -0.15) is 0 Å². The van der Waals surface area contributed by atoms with Gasteiger partial charge in [0.25, 0.3) is 0 Å². The van der Waals surface area contributed by atoms with E-state index in [1.54, 1.807) is 12.1 Å². The Kier molecular flexibility index (Phi) is 8.31. The summed E-state index contributed by atoms with van der Waals surface area (Å²) in [5.41, 5.74) is 3.77. The third-order valence-corrected chi connectivity index (χ3v) is 5.81. The van der Waals surface area contributed by atoms with Crippen molar-refractivity contribution >= 4 is 23.7 Å². The SMILES string of the molecule is O=C(CNC1CC1)Nc1cc(CC(NC(=O)OCc2ccccc2)C(=O)O)ccc1-c1ccccc1. The fourth-order valence-corrected chi connectivity index (χ4v) is 3.75. The molecule has 0 bridgehead atoms. The van der Waals surface area contributed by atoms with Gasteiger partial charge in [-0.05, 0) is 35.6 Å². The molecule has 4 N–H and O–H groups in total. The molecular weight excluding hydrogens is 458 g/mol. The summed E-state index contributed by atoms with van der Waals surface area (Å²) in [5.74, 6) is -1.35. The van der Waals surface area contributed by atoms with Crippen molar-refractivity contribution in [3.05, 3.63) is 90.0 Å². The second kappa shape index (κ2) is 12.0. The van der Waals surface area contributed by atoms with Crippen molar-refractivity contribution < 1.29 is 24.2 Å². The number of carbonyl (C=O) groups excluding carboxylic acids is 2. The van der Waals surface area contributed by atoms with Crippen molar-refractivity contribution in [1.82, 2.24) is 10.6 Å². The highest BCUT2D eigenvalue weighted by Gasteiger charge is 2.23. The van der Waals surface area contributed by atoms with Crippen molar-refractivity contribution in [1.29, 1.82) is 0 Å². The smallest absolute Gasteiger partial charge is 0.408 e. The van der Waals surface area contributed by atoms with E-state index in [1.165, 1.54) is 0 Å². The number of benzene rings is 3. The first-order chi connectivity index (χ1) is 17.5. The number of amides is 2. The first kappa shape index (κ1) is 24.9. The van der Waals surface area contributed by atoms with E-state index in [0.717, 1.165) is 29.5 Å². The predicted octanol–water partition coefficient (Wildman–Crippen LogP) is 3.97. The maximum atomic E-state index is 12.6. The molecule has 8 nitrogen and oxygen atoms in total. The molecule has 0 saturated heterocycles. The molecule has 1 unspecified atom stereocenters. The second-order valence-electron chi connectivity index (χ2n) is 8.75. The number of rotatable bonds is 11. The Morgan fingerprint density at radius 2 is 1.61 bits per heavy atom. The number of aliphatic carboxylic acids is 1. The zero-order valence-electron chi connectivity index (χ0n) is 19.8. The number of carbonyl (C=O) groups is 3. The molecule has 3 aromatic rings. The fourth-order valence-electron chi connectivity index (χ4n) is 3.75. The van der Waals surface area contributed by atoms with Gasteiger partial charge in [0.2, 0.25) is 5.91 Å². The van der Waals surface area contributed by atoms with E-state index in [0.29, 0.717) is 17.3 Å². The fraction of sp³-hybridized carbons (Fsp3) is 0.250. The van der Waals surface area contributed by atoms with Crippen LogP contribution in [0.4, 0.5) is 10.5 Å². The van der Waals surface area contributed by atoms with Crippen LogP contribution in [-0.2, 0) is 27.4 Å². The van der Waals surface area contributed by atoms with Crippen molar-refractivity contribution in [2.45, 2.75) is 38.0 Å². The second-order valence-corrected chi connectivity index (χ2v) is 8.75. The third kappa shape index (κ3) is 7.41. The van der Waals surface area contributed by atoms with Crippen LogP contribution >= 0.6 is 0 Å². The Bertz CT molecular complexity index is 1200. The first-order valence-electron chi connectivity index (χ1n) is 11.9. The van der Waals surface area contributed by atoms with E-state index in [4.69, 9.17) is 4.74 Å². The molecule has 1 aliphatic carbocycles. The lowest BCUT2D eigenvalue weighted by atomic mass is 9.98. The average Bonchev–Trinajstić information content (AvgIpc) is 3.72. The number of anilines is 1. The van der Waals surface area contributed by atoms with Crippen molar-refractivity contribution in [3.8, 4) is 11.1 Å². The van der Waals surface area contributed by atoms with E-state index < -0.39 is 18.1 Å². The van der Waals surface area contributed by atoms with Gasteiger partial charge < -0.3 is 25.8 Å². The van der Waals surface area contributed by atoms with Crippen LogP contribution in [-0.4, -0.2) is 41.7 Å². The number of nitrogens with one attached hydrogen (secondary N) is 3. The molecule has 0 heterocycles. The van der Waals surface area contributed by atoms with Crippen LogP contribution in [0.3, 0.4) is 0 Å². The lowest BCUT2D eigenvalue weighted by Crippen LogP contribution is -2.42. The van der Waals surface area contributed by atoms with Gasteiger partial charge >= 0.3 is 12.1 Å². The highest BCUT2D eigenvalue weighted by molar-refractivity contribution is 5.97. The molecule has 186 valence electrons. The predicted molar refractivity (Wildman–Crippen MR) is 136 cm³/mol. The molecule has 0 aliphatic heterocycles. The van der Waals surface area contributed by atoms with Crippen molar-refractivity contribution in [2.24, 2.45) is 0 Å². The van der Waals surface area contributed by atoms with Crippen LogP contribution in [0.25, 0.3) is 11.1 Å². The minimum absolute atomic E-state index is 0.0219. The summed E-state index contributed by atoms with van der Waals surface area (Å²) in [6.07, 6.45) is 1.37. The molecule has 1 saturated carbocycles. The van der Waals surface area contributed by atoms with Crippen LogP contribution in [0.15, 0.2) is 78.9 Å². The van der Waals surface area contributed by atoms with E-state index in [-0.39, 0.29) is 25.5 Å². The van der Waals surface area contributed by atoms with Crippen molar-refractivity contribution in [3.63, 3.8) is 0 Å².